The number of nitrogens with one attached hydrogen (secondary N) is 1. The highest BCUT2D eigenvalue weighted by molar-refractivity contribution is 5.48. The zero-order chi connectivity index (χ0) is 24.6. The molecule has 4 nitrogen and oxygen atoms in total. The minimum Gasteiger partial charge on any atom is -0.384 e. The topological polar surface area (TPSA) is 38.7 Å². The van der Waals surface area contributed by atoms with Gasteiger partial charge in [-0.1, -0.05) is 50.2 Å². The minimum absolute atomic E-state index is 0.0824. The van der Waals surface area contributed by atoms with Gasteiger partial charge in [0.1, 0.15) is 5.82 Å². The smallest absolute Gasteiger partial charge is 0.123 e. The van der Waals surface area contributed by atoms with E-state index in [-0.39, 0.29) is 29.7 Å². The predicted octanol–water partition coefficient (Wildman–Crippen LogP) is 5.50. The van der Waals surface area contributed by atoms with E-state index in [2.05, 4.69) is 77.5 Å². The first-order valence-electron chi connectivity index (χ1n) is 11.9. The summed E-state index contributed by atoms with van der Waals surface area (Å²) in [6.45, 7) is 4.17. The molecule has 1 fully saturated rings. The van der Waals surface area contributed by atoms with Crippen molar-refractivity contribution in [3.8, 4) is 0 Å². The van der Waals surface area contributed by atoms with Crippen molar-refractivity contribution in [2.75, 3.05) is 38.0 Å². The average molecular weight is 462 g/mol. The summed E-state index contributed by atoms with van der Waals surface area (Å²) >= 11 is 0. The fraction of sp³-hybridized carbons (Fsp3) is 0.379. The molecular formula is C29H36FN3O. The molecule has 0 aliphatic carbocycles. The van der Waals surface area contributed by atoms with Gasteiger partial charge in [0.15, 0.2) is 0 Å². The molecule has 4 rings (SSSR count). The van der Waals surface area contributed by atoms with Crippen molar-refractivity contribution in [2.24, 2.45) is 11.8 Å². The molecule has 3 aromatic rings. The molecule has 5 heteroatoms. The van der Waals surface area contributed by atoms with Gasteiger partial charge in [-0.3, -0.25) is 0 Å². The van der Waals surface area contributed by atoms with Gasteiger partial charge in [0.2, 0.25) is 0 Å². The normalized spacial score (nSPS) is 26.8. The second-order valence-corrected chi connectivity index (χ2v) is 10.0. The van der Waals surface area contributed by atoms with Crippen LogP contribution in [0, 0.1) is 17.7 Å². The molecule has 3 aromatic carbocycles. The van der Waals surface area contributed by atoms with Crippen molar-refractivity contribution in [1.82, 2.24) is 5.32 Å². The lowest BCUT2D eigenvalue weighted by Gasteiger charge is -2.52. The zero-order valence-electron chi connectivity index (χ0n) is 21.0. The number of hydrogen-bond acceptors (Lipinski definition) is 4. The molecule has 1 aliphatic rings. The summed E-state index contributed by atoms with van der Waals surface area (Å²) in [6, 6.07) is 23.2. The summed E-state index contributed by atoms with van der Waals surface area (Å²) in [4.78, 5) is 4.15. The third kappa shape index (κ3) is 4.30. The van der Waals surface area contributed by atoms with Gasteiger partial charge in [-0.05, 0) is 53.1 Å². The average Bonchev–Trinajstić information content (AvgIpc) is 2.83. The number of nitrogens with zero attached hydrogens (tertiary/aromatic N) is 2. The van der Waals surface area contributed by atoms with Gasteiger partial charge in [0, 0.05) is 63.5 Å². The molecule has 1 aliphatic heterocycles. The van der Waals surface area contributed by atoms with Gasteiger partial charge in [-0.25, -0.2) is 4.39 Å². The van der Waals surface area contributed by atoms with Crippen LogP contribution >= 0.6 is 0 Å². The Morgan fingerprint density at radius 3 is 1.41 bits per heavy atom. The Hall–Kier alpha value is -2.89. The van der Waals surface area contributed by atoms with E-state index >= 15 is 0 Å². The summed E-state index contributed by atoms with van der Waals surface area (Å²) in [6.07, 6.45) is 0. The minimum atomic E-state index is -1.14. The fourth-order valence-electron chi connectivity index (χ4n) is 5.38. The number of piperidine rings is 1. The Balaban J connectivity index is 1.79. The molecule has 2 N–H and O–H groups in total. The van der Waals surface area contributed by atoms with Crippen LogP contribution in [0.3, 0.4) is 0 Å². The second kappa shape index (κ2) is 9.40. The second-order valence-electron chi connectivity index (χ2n) is 10.0. The number of aliphatic hydroxyl groups is 1. The van der Waals surface area contributed by atoms with Gasteiger partial charge >= 0.3 is 0 Å². The van der Waals surface area contributed by atoms with Crippen molar-refractivity contribution in [1.29, 1.82) is 0 Å². The van der Waals surface area contributed by atoms with Crippen molar-refractivity contribution in [2.45, 2.75) is 31.5 Å². The molecule has 1 unspecified atom stereocenters. The molecule has 0 aromatic heterocycles. The van der Waals surface area contributed by atoms with Crippen LogP contribution in [-0.2, 0) is 5.60 Å². The van der Waals surface area contributed by atoms with E-state index in [9.17, 15) is 9.50 Å². The molecule has 1 saturated heterocycles. The van der Waals surface area contributed by atoms with E-state index in [4.69, 9.17) is 0 Å². The largest absolute Gasteiger partial charge is 0.384 e. The van der Waals surface area contributed by atoms with E-state index in [1.54, 1.807) is 12.1 Å². The Morgan fingerprint density at radius 2 is 1.06 bits per heavy atom. The first-order valence-corrected chi connectivity index (χ1v) is 11.9. The van der Waals surface area contributed by atoms with Crippen molar-refractivity contribution >= 4 is 11.4 Å². The van der Waals surface area contributed by atoms with E-state index in [1.165, 1.54) is 12.1 Å². The Kier molecular flexibility index (Phi) is 6.70. The summed E-state index contributed by atoms with van der Waals surface area (Å²) in [5.41, 5.74) is 4.12. The standard InChI is InChI=1S/C29H36FN3O/c1-19-27(21-7-15-25(16-8-21)32(3)4)31-28(22-9-17-26(18-10-22)33(5)6)20(2)29(19,34)23-11-13-24(30)14-12-23/h7-20,27-28,31,34H,1-6H3/t19-,20+,27-,28+,29?. The molecule has 0 radical (unpaired) electrons. The zero-order valence-corrected chi connectivity index (χ0v) is 21.0. The summed E-state index contributed by atoms with van der Waals surface area (Å²) in [7, 11) is 8.11. The van der Waals surface area contributed by atoms with Gasteiger partial charge in [0.25, 0.3) is 0 Å². The van der Waals surface area contributed by atoms with Crippen LogP contribution in [0.5, 0.6) is 0 Å². The first kappa shape index (κ1) is 24.2. The van der Waals surface area contributed by atoms with Gasteiger partial charge in [0.05, 0.1) is 5.60 Å². The van der Waals surface area contributed by atoms with Crippen LogP contribution in [0.25, 0.3) is 0 Å². The molecule has 5 atom stereocenters. The number of rotatable bonds is 5. The van der Waals surface area contributed by atoms with E-state index in [1.807, 2.05) is 28.2 Å². The lowest BCUT2D eigenvalue weighted by Crippen LogP contribution is -2.55. The summed E-state index contributed by atoms with van der Waals surface area (Å²) in [5.74, 6) is -0.584. The third-order valence-electron chi connectivity index (χ3n) is 7.59. The van der Waals surface area contributed by atoms with Crippen LogP contribution in [0.2, 0.25) is 0 Å². The van der Waals surface area contributed by atoms with Crippen LogP contribution in [0.15, 0.2) is 72.8 Å². The van der Waals surface area contributed by atoms with Gasteiger partial charge in [-0.15, -0.1) is 0 Å². The SMILES string of the molecule is C[C@@H]1[C@H](c2ccc(N(C)C)cc2)N[C@H](c2ccc(N(C)C)cc2)[C@H](C)C1(O)c1ccc(F)cc1. The van der Waals surface area contributed by atoms with Gasteiger partial charge in [-0.2, -0.15) is 0 Å². The Morgan fingerprint density at radius 1 is 0.676 bits per heavy atom. The monoisotopic (exact) mass is 461 g/mol. The fourth-order valence-corrected chi connectivity index (χ4v) is 5.38. The highest BCUT2D eigenvalue weighted by Gasteiger charge is 2.52. The highest BCUT2D eigenvalue weighted by atomic mass is 19.1. The summed E-state index contributed by atoms with van der Waals surface area (Å²) < 4.78 is 13.8. The highest BCUT2D eigenvalue weighted by Crippen LogP contribution is 2.52. The maximum absolute atomic E-state index is 13.8. The predicted molar refractivity (Wildman–Crippen MR) is 139 cm³/mol. The molecule has 0 saturated carbocycles. The molecule has 180 valence electrons. The number of hydrogen-bond donors (Lipinski definition) is 2. The van der Waals surface area contributed by atoms with Crippen molar-refractivity contribution in [3.63, 3.8) is 0 Å². The maximum Gasteiger partial charge on any atom is 0.123 e. The molecule has 1 heterocycles. The van der Waals surface area contributed by atoms with Crippen LogP contribution in [0.1, 0.15) is 42.6 Å². The molecule has 34 heavy (non-hydrogen) atoms. The van der Waals surface area contributed by atoms with Crippen LogP contribution in [0.4, 0.5) is 15.8 Å². The van der Waals surface area contributed by atoms with Gasteiger partial charge < -0.3 is 20.2 Å². The van der Waals surface area contributed by atoms with E-state index in [0.717, 1.165) is 28.1 Å². The van der Waals surface area contributed by atoms with Crippen LogP contribution in [-0.4, -0.2) is 33.3 Å². The van der Waals surface area contributed by atoms with Crippen molar-refractivity contribution < 1.29 is 9.50 Å². The summed E-state index contributed by atoms with van der Waals surface area (Å²) in [5, 5.41) is 16.2. The van der Waals surface area contributed by atoms with Crippen molar-refractivity contribution in [3.05, 3.63) is 95.3 Å². The number of benzene rings is 3. The lowest BCUT2D eigenvalue weighted by atomic mass is 9.63. The van der Waals surface area contributed by atoms with Crippen LogP contribution < -0.4 is 15.1 Å². The maximum atomic E-state index is 13.8. The molecule has 0 spiro atoms. The number of halogens is 1. The third-order valence-corrected chi connectivity index (χ3v) is 7.59. The Labute approximate surface area is 203 Å². The molecule has 0 bridgehead atoms. The number of anilines is 2. The lowest BCUT2D eigenvalue weighted by molar-refractivity contribution is -0.118. The van der Waals surface area contributed by atoms with E-state index < -0.39 is 5.60 Å². The Bertz CT molecular complexity index is 1030. The quantitative estimate of drug-likeness (QED) is 0.526. The first-order chi connectivity index (χ1) is 16.1. The molecular weight excluding hydrogens is 425 g/mol. The molecule has 0 amide bonds. The van der Waals surface area contributed by atoms with E-state index in [0.29, 0.717) is 0 Å².